The summed E-state index contributed by atoms with van der Waals surface area (Å²) in [5, 5.41) is 10.9. The molecule has 142 valence electrons. The lowest BCUT2D eigenvalue weighted by Gasteiger charge is -2.27. The number of nitrogens with zero attached hydrogens (tertiary/aromatic N) is 3. The Hall–Kier alpha value is -1.97. The van der Waals surface area contributed by atoms with E-state index in [1.165, 1.54) is 5.56 Å². The Morgan fingerprint density at radius 2 is 2.00 bits per heavy atom. The Balaban J connectivity index is 0.00000243. The lowest BCUT2D eigenvalue weighted by atomic mass is 9.84. The van der Waals surface area contributed by atoms with Crippen LogP contribution in [0.3, 0.4) is 0 Å². The van der Waals surface area contributed by atoms with Crippen LogP contribution >= 0.6 is 24.0 Å². The minimum absolute atomic E-state index is 0. The molecule has 1 aliphatic heterocycles. The number of hydrogen-bond acceptors (Lipinski definition) is 4. The first-order valence-electron chi connectivity index (χ1n) is 8.31. The van der Waals surface area contributed by atoms with E-state index >= 15 is 0 Å². The summed E-state index contributed by atoms with van der Waals surface area (Å²) < 4.78 is 12.7. The minimum Gasteiger partial charge on any atom is -0.454 e. The van der Waals surface area contributed by atoms with Crippen molar-refractivity contribution in [2.45, 2.75) is 25.8 Å². The summed E-state index contributed by atoms with van der Waals surface area (Å²) in [6.07, 6.45) is 1.79. The number of rotatable bonds is 5. The van der Waals surface area contributed by atoms with Gasteiger partial charge in [0.25, 0.3) is 0 Å². The van der Waals surface area contributed by atoms with Gasteiger partial charge >= 0.3 is 0 Å². The van der Waals surface area contributed by atoms with Crippen LogP contribution in [-0.4, -0.2) is 36.1 Å². The third-order valence-corrected chi connectivity index (χ3v) is 4.43. The van der Waals surface area contributed by atoms with Gasteiger partial charge in [-0.2, -0.15) is 5.10 Å². The number of aryl methyl sites for hydroxylation is 1. The van der Waals surface area contributed by atoms with Gasteiger partial charge in [-0.3, -0.25) is 9.67 Å². The molecule has 0 saturated carbocycles. The molecule has 2 N–H and O–H groups in total. The molecule has 0 amide bonds. The van der Waals surface area contributed by atoms with Crippen molar-refractivity contribution in [2.24, 2.45) is 12.0 Å². The van der Waals surface area contributed by atoms with Crippen LogP contribution in [0.5, 0.6) is 11.5 Å². The summed E-state index contributed by atoms with van der Waals surface area (Å²) in [6.45, 7) is 6.07. The van der Waals surface area contributed by atoms with Gasteiger partial charge in [-0.1, -0.05) is 19.9 Å². The first kappa shape index (κ1) is 20.3. The number of halogens is 1. The third-order valence-electron chi connectivity index (χ3n) is 4.43. The fraction of sp³-hybridized carbons (Fsp3) is 0.444. The van der Waals surface area contributed by atoms with Crippen LogP contribution in [-0.2, 0) is 19.0 Å². The number of aromatic nitrogens is 2. The van der Waals surface area contributed by atoms with Gasteiger partial charge in [0.1, 0.15) is 0 Å². The molecule has 1 aromatic carbocycles. The number of benzene rings is 1. The summed E-state index contributed by atoms with van der Waals surface area (Å²) in [7, 11) is 3.70. The molecular weight excluding hydrogens is 445 g/mol. The second-order valence-corrected chi connectivity index (χ2v) is 6.68. The highest BCUT2D eigenvalue weighted by molar-refractivity contribution is 14.0. The molecule has 0 bridgehead atoms. The van der Waals surface area contributed by atoms with Crippen LogP contribution in [0, 0.1) is 0 Å². The lowest BCUT2D eigenvalue weighted by Crippen LogP contribution is -2.43. The predicted molar refractivity (Wildman–Crippen MR) is 112 cm³/mol. The number of guanidine groups is 1. The van der Waals surface area contributed by atoms with Crippen molar-refractivity contribution in [3.8, 4) is 11.5 Å². The van der Waals surface area contributed by atoms with E-state index in [1.54, 1.807) is 13.2 Å². The quantitative estimate of drug-likeness (QED) is 0.398. The number of hydrogen-bond donors (Lipinski definition) is 2. The first-order valence-corrected chi connectivity index (χ1v) is 8.31. The van der Waals surface area contributed by atoms with E-state index in [0.29, 0.717) is 13.3 Å². The van der Waals surface area contributed by atoms with Gasteiger partial charge in [-0.05, 0) is 23.8 Å². The highest BCUT2D eigenvalue weighted by atomic mass is 127. The Morgan fingerprint density at radius 1 is 1.23 bits per heavy atom. The number of nitrogens with one attached hydrogen (secondary N) is 2. The van der Waals surface area contributed by atoms with Crippen molar-refractivity contribution in [1.82, 2.24) is 20.4 Å². The molecule has 26 heavy (non-hydrogen) atoms. The molecule has 0 radical (unpaired) electrons. The van der Waals surface area contributed by atoms with Gasteiger partial charge in [-0.25, -0.2) is 0 Å². The van der Waals surface area contributed by atoms with Gasteiger partial charge in [0.2, 0.25) is 6.79 Å². The van der Waals surface area contributed by atoms with E-state index in [-0.39, 0.29) is 29.4 Å². The number of aliphatic imine (C=N–C) groups is 1. The molecule has 0 spiro atoms. The van der Waals surface area contributed by atoms with Crippen LogP contribution in [0.15, 0.2) is 35.5 Å². The largest absolute Gasteiger partial charge is 0.454 e. The summed E-state index contributed by atoms with van der Waals surface area (Å²) in [5.41, 5.74) is 2.19. The Labute approximate surface area is 171 Å². The molecule has 2 heterocycles. The average molecular weight is 471 g/mol. The van der Waals surface area contributed by atoms with Crippen LogP contribution in [0.4, 0.5) is 0 Å². The molecule has 0 atom stereocenters. The second-order valence-electron chi connectivity index (χ2n) is 6.68. The van der Waals surface area contributed by atoms with Crippen LogP contribution in [0.1, 0.15) is 25.1 Å². The van der Waals surface area contributed by atoms with Crippen LogP contribution < -0.4 is 20.1 Å². The van der Waals surface area contributed by atoms with Gasteiger partial charge in [0.05, 0.1) is 12.2 Å². The molecule has 2 aromatic rings. The molecular formula is C18H26IN5O2. The van der Waals surface area contributed by atoms with Crippen molar-refractivity contribution in [3.05, 3.63) is 41.7 Å². The Bertz CT molecular complexity index is 773. The molecule has 0 aliphatic carbocycles. The monoisotopic (exact) mass is 471 g/mol. The van der Waals surface area contributed by atoms with Crippen molar-refractivity contribution in [2.75, 3.05) is 20.4 Å². The molecule has 3 rings (SSSR count). The standard InChI is InChI=1S/C18H25N5O2.HI/c1-18(2,13-5-6-15-16(9-13)25-12-24-15)11-21-17(19-3)20-10-14-7-8-22-23(14)4;/h5-9H,10-12H2,1-4H3,(H2,19,20,21);1H. The van der Waals surface area contributed by atoms with E-state index in [2.05, 4.69) is 46.7 Å². The predicted octanol–water partition coefficient (Wildman–Crippen LogP) is 2.41. The highest BCUT2D eigenvalue weighted by Crippen LogP contribution is 2.36. The third kappa shape index (κ3) is 4.60. The average Bonchev–Trinajstić information content (AvgIpc) is 3.23. The summed E-state index contributed by atoms with van der Waals surface area (Å²) in [5.74, 6) is 2.38. The Morgan fingerprint density at radius 3 is 2.69 bits per heavy atom. The summed E-state index contributed by atoms with van der Waals surface area (Å²) >= 11 is 0. The SMILES string of the molecule is CN=C(NCc1ccnn1C)NCC(C)(C)c1ccc2c(c1)OCO2.I. The lowest BCUT2D eigenvalue weighted by molar-refractivity contribution is 0.174. The maximum Gasteiger partial charge on any atom is 0.231 e. The van der Waals surface area contributed by atoms with Crippen molar-refractivity contribution in [3.63, 3.8) is 0 Å². The summed E-state index contributed by atoms with van der Waals surface area (Å²) in [4.78, 5) is 4.29. The van der Waals surface area contributed by atoms with E-state index < -0.39 is 0 Å². The minimum atomic E-state index is -0.0921. The second kappa shape index (κ2) is 8.61. The van der Waals surface area contributed by atoms with Gasteiger partial charge in [0, 0.05) is 32.3 Å². The molecule has 1 aliphatic rings. The topological polar surface area (TPSA) is 72.7 Å². The highest BCUT2D eigenvalue weighted by Gasteiger charge is 2.24. The normalized spacial score (nSPS) is 13.3. The fourth-order valence-electron chi connectivity index (χ4n) is 2.69. The fourth-order valence-corrected chi connectivity index (χ4v) is 2.69. The smallest absolute Gasteiger partial charge is 0.231 e. The maximum atomic E-state index is 5.49. The van der Waals surface area contributed by atoms with E-state index in [0.717, 1.165) is 29.7 Å². The zero-order chi connectivity index (χ0) is 17.9. The van der Waals surface area contributed by atoms with Gasteiger partial charge < -0.3 is 20.1 Å². The van der Waals surface area contributed by atoms with E-state index in [9.17, 15) is 0 Å². The molecule has 1 aromatic heterocycles. The molecule has 0 saturated heterocycles. The summed E-state index contributed by atoms with van der Waals surface area (Å²) in [6, 6.07) is 8.09. The van der Waals surface area contributed by atoms with Gasteiger partial charge in [0.15, 0.2) is 17.5 Å². The van der Waals surface area contributed by atoms with Crippen molar-refractivity contribution >= 4 is 29.9 Å². The van der Waals surface area contributed by atoms with Crippen molar-refractivity contribution in [1.29, 1.82) is 0 Å². The van der Waals surface area contributed by atoms with Crippen LogP contribution in [0.2, 0.25) is 0 Å². The van der Waals surface area contributed by atoms with Gasteiger partial charge in [-0.15, -0.1) is 24.0 Å². The maximum absolute atomic E-state index is 5.49. The molecule has 0 fully saturated rings. The van der Waals surface area contributed by atoms with Crippen LogP contribution in [0.25, 0.3) is 0 Å². The molecule has 0 unspecified atom stereocenters. The van der Waals surface area contributed by atoms with E-state index in [4.69, 9.17) is 9.47 Å². The zero-order valence-electron chi connectivity index (χ0n) is 15.6. The molecule has 8 heteroatoms. The first-order chi connectivity index (χ1) is 12.0. The molecule has 7 nitrogen and oxygen atoms in total. The number of ether oxygens (including phenoxy) is 2. The zero-order valence-corrected chi connectivity index (χ0v) is 17.9. The van der Waals surface area contributed by atoms with Crippen molar-refractivity contribution < 1.29 is 9.47 Å². The Kier molecular flexibility index (Phi) is 6.74. The van der Waals surface area contributed by atoms with E-state index in [1.807, 2.05) is 23.9 Å². The number of fused-ring (bicyclic) bond motifs is 1.